The predicted octanol–water partition coefficient (Wildman–Crippen LogP) is 1.58. The Kier molecular flexibility index (Phi) is 3.82. The van der Waals surface area contributed by atoms with Gasteiger partial charge in [0.2, 0.25) is 0 Å². The molecule has 0 bridgehead atoms. The molecular weight excluding hydrogens is 252 g/mol. The van der Waals surface area contributed by atoms with E-state index in [9.17, 15) is 0 Å². The molecule has 1 aliphatic heterocycles. The summed E-state index contributed by atoms with van der Waals surface area (Å²) in [5.41, 5.74) is 0. The minimum atomic E-state index is 0.508. The van der Waals surface area contributed by atoms with Crippen molar-refractivity contribution >= 4 is 0 Å². The van der Waals surface area contributed by atoms with E-state index in [0.29, 0.717) is 12.0 Å². The van der Waals surface area contributed by atoms with Crippen LogP contribution in [-0.2, 0) is 6.54 Å². The summed E-state index contributed by atoms with van der Waals surface area (Å²) in [6.07, 6.45) is 6.14. The first-order valence-corrected chi connectivity index (χ1v) is 7.33. The summed E-state index contributed by atoms with van der Waals surface area (Å²) in [6.45, 7) is 7.41. The van der Waals surface area contributed by atoms with Gasteiger partial charge in [-0.3, -0.25) is 14.7 Å². The van der Waals surface area contributed by atoms with Gasteiger partial charge < -0.3 is 0 Å². The number of piperidine rings is 1. The topological polar surface area (TPSA) is 62.6 Å². The maximum atomic E-state index is 4.47. The highest BCUT2D eigenvalue weighted by Gasteiger charge is 2.26. The Morgan fingerprint density at radius 3 is 2.80 bits per heavy atom. The minimum absolute atomic E-state index is 0.508. The van der Waals surface area contributed by atoms with E-state index in [1.165, 1.54) is 0 Å². The number of nitrogens with one attached hydrogen (secondary N) is 1. The van der Waals surface area contributed by atoms with Crippen LogP contribution in [0.3, 0.4) is 0 Å². The zero-order valence-electron chi connectivity index (χ0n) is 12.2. The van der Waals surface area contributed by atoms with Gasteiger partial charge in [0.15, 0.2) is 5.82 Å². The molecule has 1 N–H and O–H groups in total. The molecule has 6 nitrogen and oxygen atoms in total. The van der Waals surface area contributed by atoms with Gasteiger partial charge in [0.05, 0.1) is 6.54 Å². The number of rotatable bonds is 4. The van der Waals surface area contributed by atoms with Crippen LogP contribution in [-0.4, -0.2) is 49.0 Å². The third-order valence-corrected chi connectivity index (χ3v) is 4.14. The van der Waals surface area contributed by atoms with Crippen LogP contribution in [0.1, 0.15) is 37.3 Å². The number of hydrogen-bond acceptors (Lipinski definition) is 4. The summed E-state index contributed by atoms with van der Waals surface area (Å²) in [7, 11) is 0. The van der Waals surface area contributed by atoms with Gasteiger partial charge >= 0.3 is 0 Å². The van der Waals surface area contributed by atoms with Crippen LogP contribution in [0.2, 0.25) is 0 Å². The molecule has 3 heterocycles. The van der Waals surface area contributed by atoms with Crippen LogP contribution < -0.4 is 0 Å². The Labute approximate surface area is 119 Å². The van der Waals surface area contributed by atoms with Crippen LogP contribution in [0.4, 0.5) is 0 Å². The SMILES string of the molecule is Cc1nc(C2CCN(C(C)Cn3cccn3)CC2)n[nH]1. The molecule has 2 aromatic heterocycles. The Morgan fingerprint density at radius 1 is 1.40 bits per heavy atom. The highest BCUT2D eigenvalue weighted by Crippen LogP contribution is 2.26. The molecule has 0 spiro atoms. The summed E-state index contributed by atoms with van der Waals surface area (Å²) in [5.74, 6) is 2.41. The smallest absolute Gasteiger partial charge is 0.153 e. The van der Waals surface area contributed by atoms with Crippen molar-refractivity contribution < 1.29 is 0 Å². The number of aromatic amines is 1. The van der Waals surface area contributed by atoms with E-state index in [1.54, 1.807) is 0 Å². The number of hydrogen-bond donors (Lipinski definition) is 1. The average molecular weight is 274 g/mol. The first kappa shape index (κ1) is 13.3. The van der Waals surface area contributed by atoms with E-state index in [-0.39, 0.29) is 0 Å². The monoisotopic (exact) mass is 274 g/mol. The second-order valence-corrected chi connectivity index (χ2v) is 5.67. The van der Waals surface area contributed by atoms with Gasteiger partial charge in [-0.05, 0) is 45.8 Å². The van der Waals surface area contributed by atoms with Gasteiger partial charge in [-0.25, -0.2) is 4.98 Å². The first-order chi connectivity index (χ1) is 9.72. The van der Waals surface area contributed by atoms with Crippen molar-refractivity contribution in [1.82, 2.24) is 29.9 Å². The van der Waals surface area contributed by atoms with Crippen molar-refractivity contribution in [2.24, 2.45) is 0 Å². The van der Waals surface area contributed by atoms with E-state index < -0.39 is 0 Å². The fraction of sp³-hybridized carbons (Fsp3) is 0.643. The summed E-state index contributed by atoms with van der Waals surface area (Å²) in [6, 6.07) is 2.49. The van der Waals surface area contributed by atoms with Crippen molar-refractivity contribution in [1.29, 1.82) is 0 Å². The molecule has 1 saturated heterocycles. The highest BCUT2D eigenvalue weighted by molar-refractivity contribution is 4.99. The minimum Gasteiger partial charge on any atom is -0.299 e. The maximum absolute atomic E-state index is 4.47. The molecular formula is C14H22N6. The zero-order valence-corrected chi connectivity index (χ0v) is 12.2. The summed E-state index contributed by atoms with van der Waals surface area (Å²) < 4.78 is 2.01. The molecule has 2 aromatic rings. The molecule has 1 atom stereocenters. The fourth-order valence-corrected chi connectivity index (χ4v) is 2.94. The lowest BCUT2D eigenvalue weighted by atomic mass is 9.95. The molecule has 0 aliphatic carbocycles. The quantitative estimate of drug-likeness (QED) is 0.919. The lowest BCUT2D eigenvalue weighted by molar-refractivity contribution is 0.144. The zero-order chi connectivity index (χ0) is 13.9. The van der Waals surface area contributed by atoms with E-state index >= 15 is 0 Å². The van der Waals surface area contributed by atoms with E-state index in [4.69, 9.17) is 0 Å². The van der Waals surface area contributed by atoms with Crippen LogP contribution in [0.5, 0.6) is 0 Å². The third kappa shape index (κ3) is 2.90. The second-order valence-electron chi connectivity index (χ2n) is 5.67. The molecule has 6 heteroatoms. The lowest BCUT2D eigenvalue weighted by Crippen LogP contribution is -2.41. The number of H-pyrrole nitrogens is 1. The van der Waals surface area contributed by atoms with Crippen molar-refractivity contribution in [3.8, 4) is 0 Å². The van der Waals surface area contributed by atoms with Crippen molar-refractivity contribution in [2.75, 3.05) is 13.1 Å². The van der Waals surface area contributed by atoms with Crippen LogP contribution in [0, 0.1) is 6.92 Å². The Bertz CT molecular complexity index is 524. The van der Waals surface area contributed by atoms with Gasteiger partial charge in [-0.1, -0.05) is 0 Å². The van der Waals surface area contributed by atoms with Gasteiger partial charge in [0.1, 0.15) is 5.82 Å². The molecule has 20 heavy (non-hydrogen) atoms. The molecule has 3 rings (SSSR count). The first-order valence-electron chi connectivity index (χ1n) is 7.33. The third-order valence-electron chi connectivity index (χ3n) is 4.14. The molecule has 1 unspecified atom stereocenters. The van der Waals surface area contributed by atoms with Crippen molar-refractivity contribution in [2.45, 2.75) is 45.2 Å². The standard InChI is InChI=1S/C14H22N6/c1-11(10-20-7-3-6-15-20)19-8-4-13(5-9-19)14-16-12(2)17-18-14/h3,6-7,11,13H,4-5,8-10H2,1-2H3,(H,16,17,18). The van der Waals surface area contributed by atoms with Gasteiger partial charge in [0.25, 0.3) is 0 Å². The number of aryl methyl sites for hydroxylation is 1. The van der Waals surface area contributed by atoms with Crippen LogP contribution >= 0.6 is 0 Å². The predicted molar refractivity (Wildman–Crippen MR) is 76.4 cm³/mol. The molecule has 108 valence electrons. The Hall–Kier alpha value is -1.69. The van der Waals surface area contributed by atoms with Crippen LogP contribution in [0.15, 0.2) is 18.5 Å². The molecule has 1 fully saturated rings. The van der Waals surface area contributed by atoms with Gasteiger partial charge in [0, 0.05) is 24.4 Å². The Balaban J connectivity index is 1.53. The molecule has 0 saturated carbocycles. The van der Waals surface area contributed by atoms with Crippen molar-refractivity contribution in [3.63, 3.8) is 0 Å². The summed E-state index contributed by atoms with van der Waals surface area (Å²) >= 11 is 0. The number of likely N-dealkylation sites (tertiary alicyclic amines) is 1. The highest BCUT2D eigenvalue weighted by atomic mass is 15.3. The average Bonchev–Trinajstić information content (AvgIpc) is 3.10. The fourth-order valence-electron chi connectivity index (χ4n) is 2.94. The second kappa shape index (κ2) is 5.75. The normalized spacial score (nSPS) is 19.3. The van der Waals surface area contributed by atoms with Gasteiger partial charge in [-0.15, -0.1) is 0 Å². The summed E-state index contributed by atoms with van der Waals surface area (Å²) in [4.78, 5) is 7.01. The summed E-state index contributed by atoms with van der Waals surface area (Å²) in [5, 5.41) is 11.5. The molecule has 1 aliphatic rings. The van der Waals surface area contributed by atoms with Crippen molar-refractivity contribution in [3.05, 3.63) is 30.1 Å². The van der Waals surface area contributed by atoms with Gasteiger partial charge in [-0.2, -0.15) is 10.2 Å². The van der Waals surface area contributed by atoms with E-state index in [1.807, 2.05) is 30.1 Å². The van der Waals surface area contributed by atoms with Crippen LogP contribution in [0.25, 0.3) is 0 Å². The molecule has 0 aromatic carbocycles. The largest absolute Gasteiger partial charge is 0.299 e. The van der Waals surface area contributed by atoms with E-state index in [0.717, 1.165) is 44.1 Å². The maximum Gasteiger partial charge on any atom is 0.153 e. The Morgan fingerprint density at radius 2 is 2.20 bits per heavy atom. The molecule has 0 radical (unpaired) electrons. The number of aromatic nitrogens is 5. The molecule has 0 amide bonds. The van der Waals surface area contributed by atoms with E-state index in [2.05, 4.69) is 32.1 Å². The lowest BCUT2D eigenvalue weighted by Gasteiger charge is -2.35. The number of nitrogens with zero attached hydrogens (tertiary/aromatic N) is 5.